The first-order chi connectivity index (χ1) is 15.3. The average molecular weight is 514 g/mol. The van der Waals surface area contributed by atoms with Crippen molar-refractivity contribution in [1.82, 2.24) is 0 Å². The first kappa shape index (κ1) is 22.1. The molecule has 164 valence electrons. The zero-order valence-corrected chi connectivity index (χ0v) is 19.8. The minimum absolute atomic E-state index is 0.0783. The molecule has 0 aliphatic heterocycles. The van der Waals surface area contributed by atoms with Crippen molar-refractivity contribution in [3.8, 4) is 0 Å². The summed E-state index contributed by atoms with van der Waals surface area (Å²) >= 11 is 3.29. The van der Waals surface area contributed by atoms with E-state index in [0.29, 0.717) is 11.4 Å². The summed E-state index contributed by atoms with van der Waals surface area (Å²) in [6, 6.07) is 18.1. The number of furan rings is 2. The maximum atomic E-state index is 13.4. The van der Waals surface area contributed by atoms with E-state index in [1.807, 2.05) is 32.0 Å². The molecule has 0 saturated heterocycles. The molecular weight excluding hydrogens is 494 g/mol. The molecule has 0 aliphatic rings. The minimum atomic E-state index is -3.90. The number of amides is 1. The first-order valence-corrected chi connectivity index (χ1v) is 12.1. The molecule has 0 saturated carbocycles. The van der Waals surface area contributed by atoms with Crippen molar-refractivity contribution < 1.29 is 22.0 Å². The fourth-order valence-corrected chi connectivity index (χ4v) is 4.61. The molecule has 0 N–H and O–H groups in total. The molecule has 0 radical (unpaired) electrons. The Morgan fingerprint density at radius 1 is 0.969 bits per heavy atom. The SMILES string of the molecule is Cc1ccc(N(Cc2ccco2)C(=O)c2ccc(S(=O)(=O)c3ccc(Br)cc3)o2)cc1C. The Balaban J connectivity index is 1.69. The highest BCUT2D eigenvalue weighted by molar-refractivity contribution is 9.10. The second-order valence-corrected chi connectivity index (χ2v) is 10.1. The van der Waals surface area contributed by atoms with Crippen LogP contribution in [0.1, 0.15) is 27.4 Å². The van der Waals surface area contributed by atoms with Crippen LogP contribution in [0, 0.1) is 13.8 Å². The van der Waals surface area contributed by atoms with Gasteiger partial charge in [-0.15, -0.1) is 0 Å². The van der Waals surface area contributed by atoms with E-state index >= 15 is 0 Å². The molecule has 0 unspecified atom stereocenters. The number of rotatable bonds is 6. The zero-order chi connectivity index (χ0) is 22.9. The van der Waals surface area contributed by atoms with Gasteiger partial charge in [-0.3, -0.25) is 9.69 Å². The van der Waals surface area contributed by atoms with E-state index in [9.17, 15) is 13.2 Å². The van der Waals surface area contributed by atoms with Crippen molar-refractivity contribution in [3.05, 3.63) is 100 Å². The van der Waals surface area contributed by atoms with Crippen LogP contribution in [-0.4, -0.2) is 14.3 Å². The monoisotopic (exact) mass is 513 g/mol. The van der Waals surface area contributed by atoms with Gasteiger partial charge in [-0.2, -0.15) is 0 Å². The van der Waals surface area contributed by atoms with Gasteiger partial charge in [0, 0.05) is 10.2 Å². The Morgan fingerprint density at radius 2 is 1.72 bits per heavy atom. The van der Waals surface area contributed by atoms with Crippen LogP contribution < -0.4 is 4.90 Å². The summed E-state index contributed by atoms with van der Waals surface area (Å²) < 4.78 is 37.6. The molecule has 8 heteroatoms. The molecule has 4 rings (SSSR count). The maximum Gasteiger partial charge on any atom is 0.294 e. The van der Waals surface area contributed by atoms with Crippen molar-refractivity contribution in [2.24, 2.45) is 0 Å². The van der Waals surface area contributed by atoms with Crippen LogP contribution in [0.3, 0.4) is 0 Å². The quantitative estimate of drug-likeness (QED) is 0.319. The zero-order valence-electron chi connectivity index (χ0n) is 17.4. The summed E-state index contributed by atoms with van der Waals surface area (Å²) in [5.74, 6) is 0.0400. The van der Waals surface area contributed by atoms with E-state index in [1.54, 1.807) is 24.3 Å². The van der Waals surface area contributed by atoms with Gasteiger partial charge in [0.05, 0.1) is 17.7 Å². The van der Waals surface area contributed by atoms with Crippen LogP contribution in [0.15, 0.2) is 96.3 Å². The van der Waals surface area contributed by atoms with Gasteiger partial charge in [-0.25, -0.2) is 8.42 Å². The molecule has 6 nitrogen and oxygen atoms in total. The van der Waals surface area contributed by atoms with Gasteiger partial charge in [0.15, 0.2) is 5.76 Å². The Bertz CT molecular complexity index is 1360. The number of sulfone groups is 1. The third-order valence-electron chi connectivity index (χ3n) is 5.12. The van der Waals surface area contributed by atoms with Crippen LogP contribution in [0.25, 0.3) is 0 Å². The number of aryl methyl sites for hydroxylation is 2. The van der Waals surface area contributed by atoms with Gasteiger partial charge in [0.2, 0.25) is 14.9 Å². The summed E-state index contributed by atoms with van der Waals surface area (Å²) in [6.07, 6.45) is 1.54. The van der Waals surface area contributed by atoms with Gasteiger partial charge in [0.25, 0.3) is 5.91 Å². The molecule has 0 spiro atoms. The van der Waals surface area contributed by atoms with Crippen LogP contribution in [0.5, 0.6) is 0 Å². The van der Waals surface area contributed by atoms with Gasteiger partial charge in [0.1, 0.15) is 5.76 Å². The summed E-state index contributed by atoms with van der Waals surface area (Å²) in [5.41, 5.74) is 2.78. The number of hydrogen-bond donors (Lipinski definition) is 0. The Kier molecular flexibility index (Phi) is 6.08. The number of carbonyl (C=O) groups excluding carboxylic acids is 1. The smallest absolute Gasteiger partial charge is 0.294 e. The fraction of sp³-hybridized carbons (Fsp3) is 0.125. The predicted molar refractivity (Wildman–Crippen MR) is 123 cm³/mol. The standard InChI is InChI=1S/C24H20BrNO5S/c1-16-5-8-19(14-17(16)2)26(15-20-4-3-13-30-20)24(27)22-11-12-23(31-22)32(28,29)21-9-6-18(25)7-10-21/h3-14H,15H2,1-2H3. The summed E-state index contributed by atoms with van der Waals surface area (Å²) in [6.45, 7) is 4.12. The van der Waals surface area contributed by atoms with E-state index in [4.69, 9.17) is 8.83 Å². The lowest BCUT2D eigenvalue weighted by Crippen LogP contribution is -2.30. The largest absolute Gasteiger partial charge is 0.467 e. The molecule has 1 amide bonds. The fourth-order valence-electron chi connectivity index (χ4n) is 3.17. The normalized spacial score (nSPS) is 11.5. The molecule has 32 heavy (non-hydrogen) atoms. The van der Waals surface area contributed by atoms with Crippen LogP contribution in [-0.2, 0) is 16.4 Å². The lowest BCUT2D eigenvalue weighted by molar-refractivity contribution is 0.0951. The summed E-state index contributed by atoms with van der Waals surface area (Å²) in [7, 11) is -3.90. The molecule has 0 bridgehead atoms. The second-order valence-electron chi connectivity index (χ2n) is 7.32. The van der Waals surface area contributed by atoms with Crippen LogP contribution in [0.2, 0.25) is 0 Å². The Labute approximate surface area is 194 Å². The lowest BCUT2D eigenvalue weighted by atomic mass is 10.1. The van der Waals surface area contributed by atoms with Crippen molar-refractivity contribution in [3.63, 3.8) is 0 Å². The molecule has 2 aromatic carbocycles. The van der Waals surface area contributed by atoms with Gasteiger partial charge >= 0.3 is 0 Å². The average Bonchev–Trinajstić information content (AvgIpc) is 3.46. The highest BCUT2D eigenvalue weighted by Crippen LogP contribution is 2.27. The lowest BCUT2D eigenvalue weighted by Gasteiger charge is -2.21. The number of hydrogen-bond acceptors (Lipinski definition) is 5. The van der Waals surface area contributed by atoms with Gasteiger partial charge in [-0.1, -0.05) is 22.0 Å². The Hall–Kier alpha value is -3.10. The van der Waals surface area contributed by atoms with E-state index in [0.717, 1.165) is 15.6 Å². The number of carbonyl (C=O) groups is 1. The second kappa shape index (κ2) is 8.80. The minimum Gasteiger partial charge on any atom is -0.467 e. The number of halogens is 1. The van der Waals surface area contributed by atoms with E-state index in [2.05, 4.69) is 15.9 Å². The summed E-state index contributed by atoms with van der Waals surface area (Å²) in [4.78, 5) is 15.0. The highest BCUT2D eigenvalue weighted by Gasteiger charge is 2.27. The van der Waals surface area contributed by atoms with Crippen LogP contribution >= 0.6 is 15.9 Å². The maximum absolute atomic E-state index is 13.4. The molecule has 2 aromatic heterocycles. The third-order valence-corrected chi connectivity index (χ3v) is 7.29. The highest BCUT2D eigenvalue weighted by atomic mass is 79.9. The van der Waals surface area contributed by atoms with Crippen molar-refractivity contribution in [2.75, 3.05) is 4.90 Å². The molecule has 0 atom stereocenters. The van der Waals surface area contributed by atoms with Gasteiger partial charge in [-0.05, 0) is 85.6 Å². The molecule has 0 fully saturated rings. The summed E-state index contributed by atoms with van der Waals surface area (Å²) in [5, 5.41) is -0.291. The predicted octanol–water partition coefficient (Wildman–Crippen LogP) is 5.93. The third kappa shape index (κ3) is 4.42. The van der Waals surface area contributed by atoms with Gasteiger partial charge < -0.3 is 8.83 Å². The molecule has 4 aromatic rings. The molecule has 0 aliphatic carbocycles. The molecular formula is C24H20BrNO5S. The number of nitrogens with zero attached hydrogens (tertiary/aromatic N) is 1. The first-order valence-electron chi connectivity index (χ1n) is 9.78. The van der Waals surface area contributed by atoms with E-state index in [1.165, 1.54) is 35.4 Å². The van der Waals surface area contributed by atoms with Crippen molar-refractivity contribution in [1.29, 1.82) is 0 Å². The van der Waals surface area contributed by atoms with E-state index in [-0.39, 0.29) is 22.3 Å². The Morgan fingerprint density at radius 3 is 2.38 bits per heavy atom. The molecule has 2 heterocycles. The number of anilines is 1. The topological polar surface area (TPSA) is 80.7 Å². The van der Waals surface area contributed by atoms with Crippen LogP contribution in [0.4, 0.5) is 5.69 Å². The number of benzene rings is 2. The van der Waals surface area contributed by atoms with Crippen molar-refractivity contribution in [2.45, 2.75) is 30.4 Å². The van der Waals surface area contributed by atoms with E-state index < -0.39 is 15.7 Å². The van der Waals surface area contributed by atoms with Crippen molar-refractivity contribution >= 4 is 37.4 Å².